The van der Waals surface area contributed by atoms with Gasteiger partial charge in [-0.2, -0.15) is 0 Å². The second-order valence-corrected chi connectivity index (χ2v) is 9.59. The molecule has 0 spiro atoms. The standard InChI is InChI=1S/C24H26N4O3S2/c1-3-18-15-19-22(25-24(26-23(19)33-18)32-16-21(30)31-2)28-13-11-27(12-14-28)20(29)10-9-17-7-5-4-6-8-17/h4-10,15H,3,11-14,16H2,1-2H3. The molecule has 0 aliphatic carbocycles. The third-order valence-corrected chi connectivity index (χ3v) is 7.40. The first-order valence-electron chi connectivity index (χ1n) is 10.8. The molecular weight excluding hydrogens is 456 g/mol. The lowest BCUT2D eigenvalue weighted by atomic mass is 10.2. The highest BCUT2D eigenvalue weighted by atomic mass is 32.2. The summed E-state index contributed by atoms with van der Waals surface area (Å²) in [5.74, 6) is 0.754. The van der Waals surface area contributed by atoms with Crippen LogP contribution in [0.25, 0.3) is 16.3 Å². The highest BCUT2D eigenvalue weighted by Crippen LogP contribution is 2.33. The first-order valence-corrected chi connectivity index (χ1v) is 12.6. The molecule has 9 heteroatoms. The zero-order chi connectivity index (χ0) is 23.2. The van der Waals surface area contributed by atoms with Gasteiger partial charge in [0.2, 0.25) is 5.91 Å². The average Bonchev–Trinajstić information content (AvgIpc) is 3.29. The fraction of sp³-hybridized carbons (Fsp3) is 0.333. The minimum atomic E-state index is -0.304. The smallest absolute Gasteiger partial charge is 0.316 e. The van der Waals surface area contributed by atoms with Gasteiger partial charge in [-0.15, -0.1) is 11.3 Å². The van der Waals surface area contributed by atoms with E-state index >= 15 is 0 Å². The predicted molar refractivity (Wildman–Crippen MR) is 134 cm³/mol. The van der Waals surface area contributed by atoms with Crippen molar-refractivity contribution in [2.24, 2.45) is 0 Å². The Morgan fingerprint density at radius 1 is 1.15 bits per heavy atom. The number of amides is 1. The molecule has 4 rings (SSSR count). The van der Waals surface area contributed by atoms with Crippen molar-refractivity contribution in [3.63, 3.8) is 0 Å². The van der Waals surface area contributed by atoms with E-state index in [1.54, 1.807) is 17.4 Å². The molecule has 1 amide bonds. The highest BCUT2D eigenvalue weighted by molar-refractivity contribution is 7.99. The van der Waals surface area contributed by atoms with Gasteiger partial charge in [-0.25, -0.2) is 9.97 Å². The fourth-order valence-electron chi connectivity index (χ4n) is 3.58. The summed E-state index contributed by atoms with van der Waals surface area (Å²) in [6.07, 6.45) is 4.42. The lowest BCUT2D eigenvalue weighted by Gasteiger charge is -2.35. The Bertz CT molecular complexity index is 1160. The Morgan fingerprint density at radius 2 is 1.91 bits per heavy atom. The number of piperazine rings is 1. The van der Waals surface area contributed by atoms with Crippen LogP contribution in [0, 0.1) is 0 Å². The Hall–Kier alpha value is -2.91. The van der Waals surface area contributed by atoms with Crippen molar-refractivity contribution in [3.05, 3.63) is 52.9 Å². The summed E-state index contributed by atoms with van der Waals surface area (Å²) in [6, 6.07) is 12.0. The molecule has 1 saturated heterocycles. The predicted octanol–water partition coefficient (Wildman–Crippen LogP) is 3.88. The summed E-state index contributed by atoms with van der Waals surface area (Å²) in [6.45, 7) is 4.75. The zero-order valence-electron chi connectivity index (χ0n) is 18.7. The van der Waals surface area contributed by atoms with Gasteiger partial charge < -0.3 is 14.5 Å². The number of nitrogens with zero attached hydrogens (tertiary/aromatic N) is 4. The van der Waals surface area contributed by atoms with Gasteiger partial charge in [-0.1, -0.05) is 49.0 Å². The second-order valence-electron chi connectivity index (χ2n) is 7.54. The molecule has 1 aliphatic heterocycles. The molecule has 0 N–H and O–H groups in total. The van der Waals surface area contributed by atoms with Crippen molar-refractivity contribution in [3.8, 4) is 0 Å². The van der Waals surface area contributed by atoms with Gasteiger partial charge in [0.05, 0.1) is 18.2 Å². The molecule has 0 unspecified atom stereocenters. The van der Waals surface area contributed by atoms with Gasteiger partial charge in [-0.05, 0) is 24.1 Å². The van der Waals surface area contributed by atoms with E-state index < -0.39 is 0 Å². The van der Waals surface area contributed by atoms with Crippen LogP contribution in [-0.2, 0) is 20.7 Å². The minimum absolute atomic E-state index is 0.0180. The lowest BCUT2D eigenvalue weighted by molar-refractivity contribution is -0.137. The number of hydrogen-bond donors (Lipinski definition) is 0. The fourth-order valence-corrected chi connectivity index (χ4v) is 5.27. The molecule has 1 fully saturated rings. The van der Waals surface area contributed by atoms with E-state index in [0.29, 0.717) is 31.3 Å². The van der Waals surface area contributed by atoms with E-state index in [0.717, 1.165) is 28.0 Å². The van der Waals surface area contributed by atoms with Crippen LogP contribution in [0.5, 0.6) is 0 Å². The number of methoxy groups -OCH3 is 1. The van der Waals surface area contributed by atoms with Crippen molar-refractivity contribution >= 4 is 57.1 Å². The zero-order valence-corrected chi connectivity index (χ0v) is 20.3. The van der Waals surface area contributed by atoms with E-state index in [2.05, 4.69) is 22.9 Å². The van der Waals surface area contributed by atoms with Crippen LogP contribution in [0.1, 0.15) is 17.4 Å². The van der Waals surface area contributed by atoms with Crippen molar-refractivity contribution in [1.29, 1.82) is 0 Å². The first kappa shape index (κ1) is 23.3. The highest BCUT2D eigenvalue weighted by Gasteiger charge is 2.24. The molecule has 0 atom stereocenters. The molecule has 172 valence electrons. The number of fused-ring (bicyclic) bond motifs is 1. The largest absolute Gasteiger partial charge is 0.468 e. The Kier molecular flexibility index (Phi) is 7.61. The number of ether oxygens (including phenoxy) is 1. The van der Waals surface area contributed by atoms with Crippen LogP contribution in [0.15, 0.2) is 47.6 Å². The van der Waals surface area contributed by atoms with E-state index in [-0.39, 0.29) is 17.6 Å². The first-order chi connectivity index (χ1) is 16.1. The third-order valence-electron chi connectivity index (χ3n) is 5.41. The SMILES string of the molecule is CCc1cc2c(N3CCN(C(=O)C=Cc4ccccc4)CC3)nc(SCC(=O)OC)nc2s1. The molecule has 1 aromatic carbocycles. The van der Waals surface area contributed by atoms with E-state index in [1.807, 2.05) is 41.3 Å². The van der Waals surface area contributed by atoms with Crippen molar-refractivity contribution in [2.75, 3.05) is 43.9 Å². The molecule has 0 bridgehead atoms. The number of hydrogen-bond acceptors (Lipinski definition) is 8. The normalized spacial score (nSPS) is 14.2. The van der Waals surface area contributed by atoms with E-state index in [4.69, 9.17) is 9.72 Å². The maximum atomic E-state index is 12.7. The molecule has 7 nitrogen and oxygen atoms in total. The summed E-state index contributed by atoms with van der Waals surface area (Å²) in [7, 11) is 1.38. The van der Waals surface area contributed by atoms with Gasteiger partial charge in [0, 0.05) is 37.1 Å². The molecule has 0 saturated carbocycles. The van der Waals surface area contributed by atoms with E-state index in [9.17, 15) is 9.59 Å². The monoisotopic (exact) mass is 482 g/mol. The lowest BCUT2D eigenvalue weighted by Crippen LogP contribution is -2.48. The van der Waals surface area contributed by atoms with Gasteiger partial charge in [0.1, 0.15) is 10.6 Å². The number of carbonyl (C=O) groups is 2. The summed E-state index contributed by atoms with van der Waals surface area (Å²) in [4.78, 5) is 39.9. The Morgan fingerprint density at radius 3 is 2.61 bits per heavy atom. The minimum Gasteiger partial charge on any atom is -0.468 e. The summed E-state index contributed by atoms with van der Waals surface area (Å²) >= 11 is 2.94. The summed E-state index contributed by atoms with van der Waals surface area (Å²) in [5, 5.41) is 1.60. The number of esters is 1. The molecule has 1 aliphatic rings. The Labute approximate surface area is 201 Å². The van der Waals surface area contributed by atoms with E-state index in [1.165, 1.54) is 23.7 Å². The number of thiophene rings is 1. The molecule has 2 aromatic heterocycles. The van der Waals surface area contributed by atoms with Gasteiger partial charge in [0.15, 0.2) is 5.16 Å². The number of aryl methyl sites for hydroxylation is 1. The van der Waals surface area contributed by atoms with Crippen molar-refractivity contribution in [2.45, 2.75) is 18.5 Å². The number of thioether (sulfide) groups is 1. The number of anilines is 1. The van der Waals surface area contributed by atoms with Crippen LogP contribution in [0.3, 0.4) is 0 Å². The van der Waals surface area contributed by atoms with Crippen molar-refractivity contribution in [1.82, 2.24) is 14.9 Å². The van der Waals surface area contributed by atoms with Crippen LogP contribution >= 0.6 is 23.1 Å². The van der Waals surface area contributed by atoms with Crippen LogP contribution in [-0.4, -0.2) is 65.8 Å². The summed E-state index contributed by atoms with van der Waals surface area (Å²) < 4.78 is 4.74. The summed E-state index contributed by atoms with van der Waals surface area (Å²) in [5.41, 5.74) is 1.01. The average molecular weight is 483 g/mol. The molecular formula is C24H26N4O3S2. The molecule has 33 heavy (non-hydrogen) atoms. The Balaban J connectivity index is 1.48. The van der Waals surface area contributed by atoms with Gasteiger partial charge in [-0.3, -0.25) is 9.59 Å². The van der Waals surface area contributed by atoms with Crippen molar-refractivity contribution < 1.29 is 14.3 Å². The molecule has 3 aromatic rings. The molecule has 0 radical (unpaired) electrons. The van der Waals surface area contributed by atoms with Gasteiger partial charge in [0.25, 0.3) is 0 Å². The number of aromatic nitrogens is 2. The quantitative estimate of drug-likeness (QED) is 0.219. The number of rotatable bonds is 7. The molecule has 3 heterocycles. The maximum Gasteiger partial charge on any atom is 0.316 e. The number of benzene rings is 1. The van der Waals surface area contributed by atoms with Crippen LogP contribution in [0.4, 0.5) is 5.82 Å². The second kappa shape index (κ2) is 10.8. The van der Waals surface area contributed by atoms with Gasteiger partial charge >= 0.3 is 5.97 Å². The number of carbonyl (C=O) groups excluding carboxylic acids is 2. The maximum absolute atomic E-state index is 12.7. The topological polar surface area (TPSA) is 75.6 Å². The third kappa shape index (κ3) is 5.72. The van der Waals surface area contributed by atoms with Crippen LogP contribution < -0.4 is 4.90 Å². The van der Waals surface area contributed by atoms with Crippen LogP contribution in [0.2, 0.25) is 0 Å².